The van der Waals surface area contributed by atoms with Crippen LogP contribution in [0.1, 0.15) is 5.56 Å². The van der Waals surface area contributed by atoms with Crippen LogP contribution in [0.2, 0.25) is 0 Å². The summed E-state index contributed by atoms with van der Waals surface area (Å²) in [4.78, 5) is 13.5. The average Bonchev–Trinajstić information content (AvgIpc) is 2.65. The summed E-state index contributed by atoms with van der Waals surface area (Å²) in [6.45, 7) is 0. The van der Waals surface area contributed by atoms with Crippen LogP contribution in [0, 0.1) is 17.0 Å². The van der Waals surface area contributed by atoms with Gasteiger partial charge in [0.25, 0.3) is 5.91 Å². The van der Waals surface area contributed by atoms with E-state index in [1.54, 1.807) is 44.7 Å². The Morgan fingerprint density at radius 3 is 2.54 bits per heavy atom. The Morgan fingerprint density at radius 2 is 1.86 bits per heavy atom. The van der Waals surface area contributed by atoms with Crippen molar-refractivity contribution in [1.82, 2.24) is 10.2 Å². The number of rotatable bonds is 4. The van der Waals surface area contributed by atoms with Crippen LogP contribution < -0.4 is 16.4 Å². The molecule has 0 spiro atoms. The maximum atomic E-state index is 14.1. The molecule has 28 heavy (non-hydrogen) atoms. The van der Waals surface area contributed by atoms with Gasteiger partial charge in [-0.1, -0.05) is 0 Å². The molecule has 1 aliphatic heterocycles. The van der Waals surface area contributed by atoms with Crippen molar-refractivity contribution < 1.29 is 13.6 Å². The smallest absolute Gasteiger partial charge is 0.276 e. The number of hydrogen-bond acceptors (Lipinski definition) is 5. The van der Waals surface area contributed by atoms with Crippen LogP contribution in [0.15, 0.2) is 54.4 Å². The van der Waals surface area contributed by atoms with Crippen LogP contribution in [0.3, 0.4) is 0 Å². The van der Waals surface area contributed by atoms with Gasteiger partial charge in [-0.15, -0.1) is 0 Å². The van der Waals surface area contributed by atoms with E-state index in [1.165, 1.54) is 11.0 Å². The molecule has 1 heterocycles. The largest absolute Gasteiger partial charge is 0.399 e. The van der Waals surface area contributed by atoms with Gasteiger partial charge in [0.05, 0.1) is 5.69 Å². The minimum Gasteiger partial charge on any atom is -0.399 e. The second-order valence-corrected chi connectivity index (χ2v) is 6.23. The Hall–Kier alpha value is -3.68. The lowest BCUT2D eigenvalue weighted by atomic mass is 9.91. The number of nitrogens with two attached hydrogens (primary N) is 1. The quantitative estimate of drug-likeness (QED) is 0.610. The number of anilines is 3. The van der Waals surface area contributed by atoms with E-state index < -0.39 is 17.5 Å². The molecule has 0 fully saturated rings. The maximum absolute atomic E-state index is 14.1. The third kappa shape index (κ3) is 3.57. The number of nitrogens with zero attached hydrogens (tertiary/aromatic N) is 1. The summed E-state index contributed by atoms with van der Waals surface area (Å²) in [7, 11) is 3.21. The first-order chi connectivity index (χ1) is 13.3. The van der Waals surface area contributed by atoms with Crippen LogP contribution in [0.5, 0.6) is 0 Å². The van der Waals surface area contributed by atoms with E-state index in [4.69, 9.17) is 11.1 Å². The van der Waals surface area contributed by atoms with Crippen molar-refractivity contribution in [2.75, 3.05) is 25.1 Å². The summed E-state index contributed by atoms with van der Waals surface area (Å²) in [6.07, 6.45) is 3.13. The zero-order valence-electron chi connectivity index (χ0n) is 15.3. The van der Waals surface area contributed by atoms with Crippen molar-refractivity contribution in [1.29, 1.82) is 5.41 Å². The number of nitrogen functional groups attached to an aromatic ring is 1. The zero-order valence-corrected chi connectivity index (χ0v) is 15.3. The zero-order chi connectivity index (χ0) is 20.4. The molecule has 1 amide bonds. The molecule has 0 radical (unpaired) electrons. The summed E-state index contributed by atoms with van der Waals surface area (Å²) in [5.74, 6) is -1.87. The lowest BCUT2D eigenvalue weighted by molar-refractivity contribution is -0.120. The third-order valence-electron chi connectivity index (χ3n) is 4.24. The van der Waals surface area contributed by atoms with Crippen LogP contribution in [-0.4, -0.2) is 30.6 Å². The van der Waals surface area contributed by atoms with E-state index in [1.807, 2.05) is 0 Å². The molecule has 0 atom stereocenters. The number of nitrogens with one attached hydrogen (secondary N) is 3. The molecule has 2 aromatic rings. The highest BCUT2D eigenvalue weighted by Crippen LogP contribution is 2.36. The van der Waals surface area contributed by atoms with Gasteiger partial charge >= 0.3 is 0 Å². The molecule has 0 aliphatic carbocycles. The fourth-order valence-corrected chi connectivity index (χ4v) is 2.89. The number of halogens is 2. The van der Waals surface area contributed by atoms with Gasteiger partial charge in [0.1, 0.15) is 17.3 Å². The second-order valence-electron chi connectivity index (χ2n) is 6.23. The highest BCUT2D eigenvalue weighted by atomic mass is 19.1. The summed E-state index contributed by atoms with van der Waals surface area (Å²) < 4.78 is 27.3. The molecule has 1 aliphatic rings. The van der Waals surface area contributed by atoms with Crippen LogP contribution in [-0.2, 0) is 4.79 Å². The van der Waals surface area contributed by atoms with Crippen molar-refractivity contribution >= 4 is 34.3 Å². The van der Waals surface area contributed by atoms with Crippen molar-refractivity contribution in [3.63, 3.8) is 0 Å². The average molecular weight is 383 g/mol. The van der Waals surface area contributed by atoms with Crippen LogP contribution >= 0.6 is 0 Å². The lowest BCUT2D eigenvalue weighted by Crippen LogP contribution is -2.35. The van der Waals surface area contributed by atoms with E-state index in [9.17, 15) is 13.6 Å². The Balaban J connectivity index is 2.14. The molecular formula is C20H19F2N5O. The molecule has 3 rings (SSSR count). The summed E-state index contributed by atoms with van der Waals surface area (Å²) in [5, 5.41) is 13.9. The van der Waals surface area contributed by atoms with Crippen molar-refractivity contribution in [2.24, 2.45) is 0 Å². The molecule has 0 saturated heterocycles. The van der Waals surface area contributed by atoms with Crippen molar-refractivity contribution in [3.05, 3.63) is 71.6 Å². The van der Waals surface area contributed by atoms with Gasteiger partial charge in [0, 0.05) is 60.6 Å². The molecule has 0 unspecified atom stereocenters. The fourth-order valence-electron chi connectivity index (χ4n) is 2.89. The standard InChI is InChI=1S/C20H19F2N5O/c1-25-9-14-15(10-27(2)20(28)19(14)24)13-8-12(23)4-6-17(13)26-18-5-3-11(21)7-16(18)22/h3-10,24-26H,23H2,1-2H3/b14-9-,24-19?. The second kappa shape index (κ2) is 7.51. The molecular weight excluding hydrogens is 364 g/mol. The molecule has 0 saturated carbocycles. The number of benzene rings is 2. The summed E-state index contributed by atoms with van der Waals surface area (Å²) in [5.41, 5.74) is 8.28. The summed E-state index contributed by atoms with van der Waals surface area (Å²) >= 11 is 0. The Morgan fingerprint density at radius 1 is 1.14 bits per heavy atom. The van der Waals surface area contributed by atoms with Gasteiger partial charge in [-0.2, -0.15) is 0 Å². The van der Waals surface area contributed by atoms with E-state index in [0.717, 1.165) is 12.1 Å². The minimum atomic E-state index is -0.744. The molecule has 8 heteroatoms. The topological polar surface area (TPSA) is 94.2 Å². The van der Waals surface area contributed by atoms with E-state index in [-0.39, 0.29) is 11.4 Å². The normalized spacial score (nSPS) is 15.6. The van der Waals surface area contributed by atoms with Gasteiger partial charge in [-0.05, 0) is 30.3 Å². The highest BCUT2D eigenvalue weighted by Gasteiger charge is 2.28. The fraction of sp³-hybridized carbons (Fsp3) is 0.100. The van der Waals surface area contributed by atoms with Gasteiger partial charge in [0.2, 0.25) is 0 Å². The van der Waals surface area contributed by atoms with Gasteiger partial charge in [-0.25, -0.2) is 8.78 Å². The van der Waals surface area contributed by atoms with Crippen LogP contribution in [0.25, 0.3) is 5.57 Å². The minimum absolute atomic E-state index is 0.0856. The third-order valence-corrected chi connectivity index (χ3v) is 4.24. The number of carbonyl (C=O) groups is 1. The predicted molar refractivity (Wildman–Crippen MR) is 106 cm³/mol. The maximum Gasteiger partial charge on any atom is 0.276 e. The predicted octanol–water partition coefficient (Wildman–Crippen LogP) is 3.23. The molecule has 0 bridgehead atoms. The number of hydrogen-bond donors (Lipinski definition) is 4. The van der Waals surface area contributed by atoms with E-state index in [2.05, 4.69) is 10.6 Å². The monoisotopic (exact) mass is 383 g/mol. The van der Waals surface area contributed by atoms with Crippen molar-refractivity contribution in [3.8, 4) is 0 Å². The number of amides is 1. The number of carbonyl (C=O) groups excluding carboxylic acids is 1. The SMILES string of the molecule is CN/C=C1\C(=N)C(=O)N(C)C=C1c1cc(N)ccc1Nc1ccc(F)cc1F. The Kier molecular flexibility index (Phi) is 5.12. The van der Waals surface area contributed by atoms with Gasteiger partial charge in [-0.3, -0.25) is 10.2 Å². The highest BCUT2D eigenvalue weighted by molar-refractivity contribution is 6.49. The van der Waals surface area contributed by atoms with Crippen LogP contribution in [0.4, 0.5) is 25.8 Å². The Bertz CT molecular complexity index is 1030. The summed E-state index contributed by atoms with van der Waals surface area (Å²) in [6, 6.07) is 8.19. The van der Waals surface area contributed by atoms with E-state index >= 15 is 0 Å². The lowest BCUT2D eigenvalue weighted by Gasteiger charge is -2.26. The van der Waals surface area contributed by atoms with Gasteiger partial charge < -0.3 is 21.3 Å². The molecule has 2 aromatic carbocycles. The first kappa shape index (κ1) is 19.1. The molecule has 6 nitrogen and oxygen atoms in total. The molecule has 5 N–H and O–H groups in total. The molecule has 144 valence electrons. The van der Waals surface area contributed by atoms with Gasteiger partial charge in [0.15, 0.2) is 0 Å². The number of allylic oxidation sites excluding steroid dienone is 1. The first-order valence-electron chi connectivity index (χ1n) is 8.39. The molecule has 0 aromatic heterocycles. The first-order valence-corrected chi connectivity index (χ1v) is 8.39. The van der Waals surface area contributed by atoms with E-state index in [0.29, 0.717) is 28.1 Å². The van der Waals surface area contributed by atoms with Crippen molar-refractivity contribution in [2.45, 2.75) is 0 Å². The Labute approximate surface area is 160 Å².